The van der Waals surface area contributed by atoms with Gasteiger partial charge in [0, 0.05) is 23.2 Å². The summed E-state index contributed by atoms with van der Waals surface area (Å²) < 4.78 is 19.6. The number of ether oxygens (including phenoxy) is 1. The van der Waals surface area contributed by atoms with Crippen LogP contribution in [0.3, 0.4) is 0 Å². The fourth-order valence-electron chi connectivity index (χ4n) is 3.06. The number of para-hydroxylation sites is 1. The van der Waals surface area contributed by atoms with E-state index in [-0.39, 0.29) is 23.8 Å². The highest BCUT2D eigenvalue weighted by atomic mass is 79.9. The van der Waals surface area contributed by atoms with E-state index in [1.165, 1.54) is 12.1 Å². The molecule has 2 aromatic carbocycles. The monoisotopic (exact) mass is 406 g/mol. The third-order valence-electron chi connectivity index (χ3n) is 4.48. The van der Waals surface area contributed by atoms with E-state index >= 15 is 0 Å². The van der Waals surface area contributed by atoms with Crippen molar-refractivity contribution < 1.29 is 13.9 Å². The van der Waals surface area contributed by atoms with Crippen molar-refractivity contribution in [1.29, 1.82) is 0 Å². The summed E-state index contributed by atoms with van der Waals surface area (Å²) in [5, 5.41) is 6.27. The molecule has 1 heterocycles. The van der Waals surface area contributed by atoms with Crippen LogP contribution in [0.5, 0.6) is 0 Å². The Morgan fingerprint density at radius 3 is 2.48 bits per heavy atom. The molecule has 25 heavy (non-hydrogen) atoms. The molecule has 1 aliphatic heterocycles. The summed E-state index contributed by atoms with van der Waals surface area (Å²) in [6, 6.07) is 13.9. The first-order valence-electron chi connectivity index (χ1n) is 8.22. The molecule has 0 unspecified atom stereocenters. The van der Waals surface area contributed by atoms with Crippen molar-refractivity contribution in [2.24, 2.45) is 0 Å². The minimum absolute atomic E-state index is 0.125. The second-order valence-electron chi connectivity index (χ2n) is 6.08. The maximum absolute atomic E-state index is 13.3. The van der Waals surface area contributed by atoms with Crippen molar-refractivity contribution in [3.05, 3.63) is 64.4 Å². The minimum atomic E-state index is -0.378. The summed E-state index contributed by atoms with van der Waals surface area (Å²) >= 11 is 3.42. The predicted octanol–water partition coefficient (Wildman–Crippen LogP) is 3.82. The molecule has 6 heteroatoms. The molecule has 0 radical (unpaired) electrons. The van der Waals surface area contributed by atoms with E-state index in [1.807, 2.05) is 24.3 Å². The number of halogens is 2. The molecule has 1 saturated heterocycles. The Balaban J connectivity index is 1.70. The second-order valence-corrected chi connectivity index (χ2v) is 6.94. The zero-order chi connectivity index (χ0) is 17.7. The van der Waals surface area contributed by atoms with Gasteiger partial charge >= 0.3 is 0 Å². The SMILES string of the molecule is O=C(CNC1(c2ccc(F)cc2)CCOCC1)Nc1ccccc1Br. The first kappa shape index (κ1) is 18.0. The van der Waals surface area contributed by atoms with E-state index in [0.29, 0.717) is 13.2 Å². The maximum atomic E-state index is 13.3. The van der Waals surface area contributed by atoms with Crippen LogP contribution >= 0.6 is 15.9 Å². The second kappa shape index (κ2) is 8.08. The van der Waals surface area contributed by atoms with Crippen LogP contribution in [0, 0.1) is 5.82 Å². The smallest absolute Gasteiger partial charge is 0.238 e. The Bertz CT molecular complexity index is 730. The minimum Gasteiger partial charge on any atom is -0.381 e. The lowest BCUT2D eigenvalue weighted by atomic mass is 9.82. The van der Waals surface area contributed by atoms with E-state index in [4.69, 9.17) is 4.74 Å². The van der Waals surface area contributed by atoms with Crippen LogP contribution in [0.25, 0.3) is 0 Å². The number of benzene rings is 2. The maximum Gasteiger partial charge on any atom is 0.238 e. The lowest BCUT2D eigenvalue weighted by Gasteiger charge is -2.38. The van der Waals surface area contributed by atoms with Gasteiger partial charge in [0.05, 0.1) is 12.2 Å². The highest BCUT2D eigenvalue weighted by molar-refractivity contribution is 9.10. The third-order valence-corrected chi connectivity index (χ3v) is 5.17. The first-order valence-corrected chi connectivity index (χ1v) is 9.02. The Labute approximate surface area is 154 Å². The topological polar surface area (TPSA) is 50.4 Å². The van der Waals surface area contributed by atoms with Gasteiger partial charge in [-0.2, -0.15) is 0 Å². The lowest BCUT2D eigenvalue weighted by Crippen LogP contribution is -2.49. The molecule has 1 amide bonds. The molecular weight excluding hydrogens is 387 g/mol. The normalized spacial score (nSPS) is 16.4. The Morgan fingerprint density at radius 2 is 1.80 bits per heavy atom. The van der Waals surface area contributed by atoms with Crippen LogP contribution in [0.4, 0.5) is 10.1 Å². The number of amides is 1. The molecule has 4 nitrogen and oxygen atoms in total. The Hall–Kier alpha value is -1.76. The average molecular weight is 407 g/mol. The van der Waals surface area contributed by atoms with Gasteiger partial charge in [0.25, 0.3) is 0 Å². The number of carbonyl (C=O) groups excluding carboxylic acids is 1. The molecule has 0 aliphatic carbocycles. The first-order chi connectivity index (χ1) is 12.1. The van der Waals surface area contributed by atoms with E-state index < -0.39 is 0 Å². The van der Waals surface area contributed by atoms with Crippen molar-refractivity contribution in [2.75, 3.05) is 25.1 Å². The Morgan fingerprint density at radius 1 is 1.12 bits per heavy atom. The number of anilines is 1. The summed E-state index contributed by atoms with van der Waals surface area (Å²) in [6.07, 6.45) is 1.47. The summed E-state index contributed by atoms with van der Waals surface area (Å²) in [6.45, 7) is 1.38. The molecule has 1 fully saturated rings. The van der Waals surface area contributed by atoms with E-state index in [9.17, 15) is 9.18 Å². The van der Waals surface area contributed by atoms with Crippen LogP contribution in [-0.2, 0) is 15.1 Å². The number of nitrogens with one attached hydrogen (secondary N) is 2. The van der Waals surface area contributed by atoms with Crippen molar-refractivity contribution in [2.45, 2.75) is 18.4 Å². The van der Waals surface area contributed by atoms with Crippen LogP contribution in [0.2, 0.25) is 0 Å². The molecule has 0 bridgehead atoms. The van der Waals surface area contributed by atoms with Gasteiger partial charge in [-0.3, -0.25) is 10.1 Å². The fraction of sp³-hybridized carbons (Fsp3) is 0.316. The van der Waals surface area contributed by atoms with Crippen LogP contribution < -0.4 is 10.6 Å². The Kier molecular flexibility index (Phi) is 5.83. The van der Waals surface area contributed by atoms with Crippen molar-refractivity contribution in [1.82, 2.24) is 5.32 Å². The van der Waals surface area contributed by atoms with Crippen LogP contribution in [0.1, 0.15) is 18.4 Å². The van der Waals surface area contributed by atoms with E-state index in [0.717, 1.165) is 28.6 Å². The molecule has 3 rings (SSSR count). The van der Waals surface area contributed by atoms with Gasteiger partial charge < -0.3 is 10.1 Å². The summed E-state index contributed by atoms with van der Waals surface area (Å²) in [4.78, 5) is 12.3. The van der Waals surface area contributed by atoms with Crippen molar-refractivity contribution in [3.8, 4) is 0 Å². The molecule has 0 atom stereocenters. The number of rotatable bonds is 5. The molecule has 2 N–H and O–H groups in total. The molecular formula is C19H20BrFN2O2. The number of hydrogen-bond donors (Lipinski definition) is 2. The molecule has 1 aliphatic rings. The molecule has 0 spiro atoms. The fourth-order valence-corrected chi connectivity index (χ4v) is 3.45. The largest absolute Gasteiger partial charge is 0.381 e. The van der Waals surface area contributed by atoms with E-state index in [1.54, 1.807) is 12.1 Å². The van der Waals surface area contributed by atoms with Gasteiger partial charge in [-0.15, -0.1) is 0 Å². The molecule has 0 saturated carbocycles. The highest BCUT2D eigenvalue weighted by Crippen LogP contribution is 2.32. The molecule has 2 aromatic rings. The van der Waals surface area contributed by atoms with Gasteiger partial charge in [0.15, 0.2) is 0 Å². The van der Waals surface area contributed by atoms with Gasteiger partial charge in [-0.05, 0) is 58.6 Å². The zero-order valence-electron chi connectivity index (χ0n) is 13.7. The summed E-state index contributed by atoms with van der Waals surface area (Å²) in [5.74, 6) is -0.391. The van der Waals surface area contributed by atoms with Gasteiger partial charge in [0.2, 0.25) is 5.91 Å². The molecule has 0 aromatic heterocycles. The molecule has 132 valence electrons. The standard InChI is InChI=1S/C19H20BrFN2O2/c20-16-3-1-2-4-17(16)23-18(24)13-22-19(9-11-25-12-10-19)14-5-7-15(21)8-6-14/h1-8,22H,9-13H2,(H,23,24). The number of hydrogen-bond acceptors (Lipinski definition) is 3. The summed E-state index contributed by atoms with van der Waals surface area (Å²) in [5.41, 5.74) is 1.33. The quantitative estimate of drug-likeness (QED) is 0.793. The average Bonchev–Trinajstić information content (AvgIpc) is 2.63. The van der Waals surface area contributed by atoms with Crippen molar-refractivity contribution in [3.63, 3.8) is 0 Å². The van der Waals surface area contributed by atoms with Gasteiger partial charge in [-0.25, -0.2) is 4.39 Å². The predicted molar refractivity (Wildman–Crippen MR) is 98.9 cm³/mol. The van der Waals surface area contributed by atoms with Crippen LogP contribution in [0.15, 0.2) is 53.0 Å². The van der Waals surface area contributed by atoms with Gasteiger partial charge in [-0.1, -0.05) is 24.3 Å². The van der Waals surface area contributed by atoms with E-state index in [2.05, 4.69) is 26.6 Å². The summed E-state index contributed by atoms with van der Waals surface area (Å²) in [7, 11) is 0. The third kappa shape index (κ3) is 4.45. The van der Waals surface area contributed by atoms with Crippen LogP contribution in [-0.4, -0.2) is 25.7 Å². The highest BCUT2D eigenvalue weighted by Gasteiger charge is 2.34. The lowest BCUT2D eigenvalue weighted by molar-refractivity contribution is -0.116. The van der Waals surface area contributed by atoms with Gasteiger partial charge in [0.1, 0.15) is 5.82 Å². The number of carbonyl (C=O) groups is 1. The zero-order valence-corrected chi connectivity index (χ0v) is 15.3. The van der Waals surface area contributed by atoms with Crippen molar-refractivity contribution >= 4 is 27.5 Å².